The lowest BCUT2D eigenvalue weighted by molar-refractivity contribution is 0.102. The van der Waals surface area contributed by atoms with E-state index in [2.05, 4.69) is 24.1 Å². The number of hydrogen-bond acceptors (Lipinski definition) is 4. The van der Waals surface area contributed by atoms with Crippen LogP contribution < -0.4 is 10.9 Å². The van der Waals surface area contributed by atoms with Crippen molar-refractivity contribution in [2.75, 3.05) is 19.8 Å². The zero-order valence-corrected chi connectivity index (χ0v) is 11.1. The van der Waals surface area contributed by atoms with Crippen molar-refractivity contribution in [1.82, 2.24) is 14.9 Å². The van der Waals surface area contributed by atoms with E-state index in [1.807, 2.05) is 0 Å². The van der Waals surface area contributed by atoms with Crippen LogP contribution in [0.5, 0.6) is 0 Å². The van der Waals surface area contributed by atoms with Crippen LogP contribution in [-0.2, 0) is 24.2 Å². The van der Waals surface area contributed by atoms with E-state index in [-0.39, 0.29) is 5.56 Å². The summed E-state index contributed by atoms with van der Waals surface area (Å²) < 4.78 is 7.16. The second-order valence-corrected chi connectivity index (χ2v) is 5.06. The highest BCUT2D eigenvalue weighted by molar-refractivity contribution is 5.19. The summed E-state index contributed by atoms with van der Waals surface area (Å²) in [5.41, 5.74) is 1.85. The number of nitrogens with one attached hydrogen (secondary N) is 1. The van der Waals surface area contributed by atoms with Gasteiger partial charge in [0.1, 0.15) is 0 Å². The van der Waals surface area contributed by atoms with E-state index < -0.39 is 0 Å². The molecule has 1 aliphatic rings. The molecular formula is C13H21N3O2. The second kappa shape index (κ2) is 6.11. The van der Waals surface area contributed by atoms with Gasteiger partial charge in [-0.2, -0.15) is 0 Å². The van der Waals surface area contributed by atoms with E-state index in [9.17, 15) is 4.79 Å². The largest absolute Gasteiger partial charge is 0.379 e. The van der Waals surface area contributed by atoms with Gasteiger partial charge in [0.15, 0.2) is 0 Å². The fourth-order valence-corrected chi connectivity index (χ4v) is 2.03. The van der Waals surface area contributed by atoms with Gasteiger partial charge in [0, 0.05) is 18.7 Å². The van der Waals surface area contributed by atoms with Gasteiger partial charge in [-0.25, -0.2) is 4.98 Å². The van der Waals surface area contributed by atoms with Crippen LogP contribution in [0, 0.1) is 5.92 Å². The molecule has 5 nitrogen and oxygen atoms in total. The molecule has 0 unspecified atom stereocenters. The van der Waals surface area contributed by atoms with Gasteiger partial charge in [-0.05, 0) is 18.9 Å². The van der Waals surface area contributed by atoms with Crippen LogP contribution in [0.25, 0.3) is 0 Å². The topological polar surface area (TPSA) is 56.2 Å². The Bertz CT molecular complexity index is 454. The summed E-state index contributed by atoms with van der Waals surface area (Å²) in [5.74, 6) is 0.523. The van der Waals surface area contributed by atoms with Crippen molar-refractivity contribution in [2.24, 2.45) is 5.92 Å². The molecule has 0 saturated heterocycles. The third kappa shape index (κ3) is 3.17. The van der Waals surface area contributed by atoms with Crippen LogP contribution in [0.2, 0.25) is 0 Å². The Balaban J connectivity index is 1.99. The number of rotatable bonds is 5. The van der Waals surface area contributed by atoms with Gasteiger partial charge in [-0.3, -0.25) is 9.36 Å². The van der Waals surface area contributed by atoms with Crippen molar-refractivity contribution in [3.63, 3.8) is 0 Å². The van der Waals surface area contributed by atoms with Crippen LogP contribution in [-0.4, -0.2) is 29.3 Å². The first-order chi connectivity index (χ1) is 8.68. The fraction of sp³-hybridized carbons (Fsp3) is 0.692. The van der Waals surface area contributed by atoms with Crippen molar-refractivity contribution in [3.8, 4) is 0 Å². The summed E-state index contributed by atoms with van der Waals surface area (Å²) in [6.45, 7) is 7.67. The molecule has 1 aliphatic heterocycles. The molecule has 100 valence electrons. The maximum absolute atomic E-state index is 12.2. The Morgan fingerprint density at radius 3 is 3.17 bits per heavy atom. The minimum absolute atomic E-state index is 0.0923. The Morgan fingerprint density at radius 1 is 1.56 bits per heavy atom. The molecular weight excluding hydrogens is 230 g/mol. The molecule has 0 aromatic carbocycles. The molecule has 0 aliphatic carbocycles. The molecule has 0 atom stereocenters. The lowest BCUT2D eigenvalue weighted by Crippen LogP contribution is -2.34. The van der Waals surface area contributed by atoms with Gasteiger partial charge in [0.25, 0.3) is 5.56 Å². The van der Waals surface area contributed by atoms with Crippen molar-refractivity contribution < 1.29 is 4.74 Å². The van der Waals surface area contributed by atoms with E-state index in [0.29, 0.717) is 25.6 Å². The number of nitrogens with zero attached hydrogens (tertiary/aromatic N) is 2. The van der Waals surface area contributed by atoms with E-state index in [0.717, 1.165) is 30.8 Å². The molecule has 1 N–H and O–H groups in total. The van der Waals surface area contributed by atoms with Crippen molar-refractivity contribution in [3.05, 3.63) is 27.9 Å². The van der Waals surface area contributed by atoms with E-state index >= 15 is 0 Å². The van der Waals surface area contributed by atoms with E-state index in [1.165, 1.54) is 0 Å². The van der Waals surface area contributed by atoms with Crippen LogP contribution in [0.1, 0.15) is 25.1 Å². The second-order valence-electron chi connectivity index (χ2n) is 5.06. The van der Waals surface area contributed by atoms with Gasteiger partial charge < -0.3 is 10.1 Å². The lowest BCUT2D eigenvalue weighted by atomic mass is 10.1. The highest BCUT2D eigenvalue weighted by Crippen LogP contribution is 2.05. The average Bonchev–Trinajstić information content (AvgIpc) is 2.37. The minimum atomic E-state index is 0.0923. The molecule has 0 spiro atoms. The van der Waals surface area contributed by atoms with Crippen LogP contribution in [0.4, 0.5) is 0 Å². The maximum atomic E-state index is 12.2. The molecule has 1 aromatic rings. The smallest absolute Gasteiger partial charge is 0.256 e. The molecule has 0 fully saturated rings. The Hall–Kier alpha value is -1.20. The highest BCUT2D eigenvalue weighted by atomic mass is 16.5. The SMILES string of the molecule is CC(C)COCCn1cnc2c(c1=O)CCNC2. The monoisotopic (exact) mass is 251 g/mol. The number of fused-ring (bicyclic) bond motifs is 1. The van der Waals surface area contributed by atoms with Gasteiger partial charge in [-0.1, -0.05) is 13.8 Å². The molecule has 0 saturated carbocycles. The lowest BCUT2D eigenvalue weighted by Gasteiger charge is -2.17. The third-order valence-corrected chi connectivity index (χ3v) is 2.99. The van der Waals surface area contributed by atoms with Crippen LogP contribution >= 0.6 is 0 Å². The highest BCUT2D eigenvalue weighted by Gasteiger charge is 2.14. The van der Waals surface area contributed by atoms with Gasteiger partial charge >= 0.3 is 0 Å². The first-order valence-electron chi connectivity index (χ1n) is 6.54. The molecule has 0 amide bonds. The standard InChI is InChI=1S/C13H21N3O2/c1-10(2)8-18-6-5-16-9-15-12-7-14-4-3-11(12)13(16)17/h9-10,14H,3-8H2,1-2H3. The van der Waals surface area contributed by atoms with Crippen LogP contribution in [0.15, 0.2) is 11.1 Å². The third-order valence-electron chi connectivity index (χ3n) is 2.99. The summed E-state index contributed by atoms with van der Waals surface area (Å²) >= 11 is 0. The Kier molecular flexibility index (Phi) is 4.49. The van der Waals surface area contributed by atoms with Gasteiger partial charge in [0.2, 0.25) is 0 Å². The quantitative estimate of drug-likeness (QED) is 0.777. The average molecular weight is 251 g/mol. The van der Waals surface area contributed by atoms with Crippen molar-refractivity contribution in [1.29, 1.82) is 0 Å². The number of aromatic nitrogens is 2. The Labute approximate surface area is 107 Å². The predicted octanol–water partition coefficient (Wildman–Crippen LogP) is 0.562. The number of ether oxygens (including phenoxy) is 1. The summed E-state index contributed by atoms with van der Waals surface area (Å²) in [5, 5.41) is 3.22. The molecule has 5 heteroatoms. The first kappa shape index (κ1) is 13.2. The summed E-state index contributed by atoms with van der Waals surface area (Å²) in [4.78, 5) is 16.5. The minimum Gasteiger partial charge on any atom is -0.379 e. The molecule has 0 radical (unpaired) electrons. The molecule has 0 bridgehead atoms. The first-order valence-corrected chi connectivity index (χ1v) is 6.54. The van der Waals surface area contributed by atoms with Crippen molar-refractivity contribution in [2.45, 2.75) is 33.4 Å². The summed E-state index contributed by atoms with van der Waals surface area (Å²) in [7, 11) is 0. The molecule has 18 heavy (non-hydrogen) atoms. The van der Waals surface area contributed by atoms with Crippen LogP contribution in [0.3, 0.4) is 0 Å². The normalized spacial score (nSPS) is 14.8. The Morgan fingerprint density at radius 2 is 2.39 bits per heavy atom. The molecule has 2 heterocycles. The zero-order valence-electron chi connectivity index (χ0n) is 11.1. The molecule has 2 rings (SSSR count). The molecule has 1 aromatic heterocycles. The zero-order chi connectivity index (χ0) is 13.0. The maximum Gasteiger partial charge on any atom is 0.256 e. The predicted molar refractivity (Wildman–Crippen MR) is 69.6 cm³/mol. The van der Waals surface area contributed by atoms with E-state index in [1.54, 1.807) is 10.9 Å². The summed E-state index contributed by atoms with van der Waals surface area (Å²) in [6, 6.07) is 0. The number of hydrogen-bond donors (Lipinski definition) is 1. The summed E-state index contributed by atoms with van der Waals surface area (Å²) in [6.07, 6.45) is 2.40. The van der Waals surface area contributed by atoms with Gasteiger partial charge in [0.05, 0.1) is 25.2 Å². The van der Waals surface area contributed by atoms with Gasteiger partial charge in [-0.15, -0.1) is 0 Å². The van der Waals surface area contributed by atoms with Crippen molar-refractivity contribution >= 4 is 0 Å². The fourth-order valence-electron chi connectivity index (χ4n) is 2.03. The van der Waals surface area contributed by atoms with E-state index in [4.69, 9.17) is 4.74 Å².